The van der Waals surface area contributed by atoms with Crippen LogP contribution in [0.25, 0.3) is 0 Å². The molecule has 2 aromatic carbocycles. The monoisotopic (exact) mass is 413 g/mol. The Bertz CT molecular complexity index is 1150. The molecule has 0 unspecified atom stereocenters. The first-order valence-electron chi connectivity index (χ1n) is 10.5. The number of anilines is 2. The third-order valence-corrected chi connectivity index (χ3v) is 5.93. The molecule has 0 saturated carbocycles. The molecule has 3 aromatic rings. The molecule has 3 atom stereocenters. The SMILES string of the molecule is C[C@@H](CN[C@H](c1ccccc1)[C@H]1CNc2cccc(C#N)c2N1)c1ccn(C)c(=O)c1. The summed E-state index contributed by atoms with van der Waals surface area (Å²) in [6.45, 7) is 3.58. The van der Waals surface area contributed by atoms with E-state index in [0.29, 0.717) is 5.56 Å². The summed E-state index contributed by atoms with van der Waals surface area (Å²) in [6.07, 6.45) is 1.82. The van der Waals surface area contributed by atoms with Crippen molar-refractivity contribution in [2.45, 2.75) is 24.9 Å². The molecule has 0 radical (unpaired) electrons. The smallest absolute Gasteiger partial charge is 0.250 e. The maximum absolute atomic E-state index is 12.0. The zero-order valence-corrected chi connectivity index (χ0v) is 17.8. The molecule has 2 heterocycles. The molecular formula is C25H27N5O. The summed E-state index contributed by atoms with van der Waals surface area (Å²) in [5, 5.41) is 20.3. The molecule has 4 rings (SSSR count). The Balaban J connectivity index is 1.56. The van der Waals surface area contributed by atoms with Gasteiger partial charge in [0.1, 0.15) is 6.07 Å². The van der Waals surface area contributed by atoms with Crippen molar-refractivity contribution in [3.63, 3.8) is 0 Å². The summed E-state index contributed by atoms with van der Waals surface area (Å²) < 4.78 is 1.58. The van der Waals surface area contributed by atoms with E-state index in [1.165, 1.54) is 5.56 Å². The van der Waals surface area contributed by atoms with Gasteiger partial charge in [0.15, 0.2) is 0 Å². The Labute approximate surface area is 182 Å². The van der Waals surface area contributed by atoms with Crippen molar-refractivity contribution in [2.75, 3.05) is 23.7 Å². The number of aromatic nitrogens is 1. The van der Waals surface area contributed by atoms with Crippen molar-refractivity contribution in [3.8, 4) is 6.07 Å². The van der Waals surface area contributed by atoms with E-state index < -0.39 is 0 Å². The number of nitrogens with zero attached hydrogens (tertiary/aromatic N) is 2. The predicted molar refractivity (Wildman–Crippen MR) is 124 cm³/mol. The van der Waals surface area contributed by atoms with Crippen LogP contribution in [0.5, 0.6) is 0 Å². The van der Waals surface area contributed by atoms with Crippen LogP contribution in [-0.2, 0) is 7.05 Å². The molecule has 1 aromatic heterocycles. The highest BCUT2D eigenvalue weighted by Gasteiger charge is 2.28. The van der Waals surface area contributed by atoms with Gasteiger partial charge in [-0.1, -0.05) is 43.3 Å². The van der Waals surface area contributed by atoms with Crippen molar-refractivity contribution < 1.29 is 0 Å². The predicted octanol–water partition coefficient (Wildman–Crippen LogP) is 3.60. The zero-order valence-electron chi connectivity index (χ0n) is 17.8. The number of fused-ring (bicyclic) bond motifs is 1. The molecule has 0 fully saturated rings. The standard InChI is InChI=1S/C25H27N5O/c1-17(19-11-12-30(2)23(31)13-19)15-28-24(18-7-4-3-5-8-18)22-16-27-21-10-6-9-20(14-26)25(21)29-22/h3-13,17,22,24,27-29H,15-16H2,1-2H3/t17-,22+,24+/m0/s1. The summed E-state index contributed by atoms with van der Waals surface area (Å²) in [5.74, 6) is 0.179. The Morgan fingerprint density at radius 3 is 2.71 bits per heavy atom. The lowest BCUT2D eigenvalue weighted by Crippen LogP contribution is -2.45. The lowest BCUT2D eigenvalue weighted by atomic mass is 9.94. The van der Waals surface area contributed by atoms with Crippen LogP contribution in [0.2, 0.25) is 0 Å². The molecule has 1 aliphatic rings. The van der Waals surface area contributed by atoms with E-state index in [9.17, 15) is 10.1 Å². The van der Waals surface area contributed by atoms with Crippen molar-refractivity contribution >= 4 is 11.4 Å². The second-order valence-electron chi connectivity index (χ2n) is 8.08. The molecule has 0 spiro atoms. The van der Waals surface area contributed by atoms with Crippen molar-refractivity contribution in [3.05, 3.63) is 93.9 Å². The average Bonchev–Trinajstić information content (AvgIpc) is 2.81. The van der Waals surface area contributed by atoms with Gasteiger partial charge in [0, 0.05) is 32.4 Å². The molecule has 0 saturated heterocycles. The summed E-state index contributed by atoms with van der Waals surface area (Å²) in [7, 11) is 1.76. The molecule has 158 valence electrons. The Hall–Kier alpha value is -3.56. The molecule has 3 N–H and O–H groups in total. The van der Waals surface area contributed by atoms with Crippen LogP contribution in [-0.4, -0.2) is 23.7 Å². The third-order valence-electron chi connectivity index (χ3n) is 5.93. The van der Waals surface area contributed by atoms with Gasteiger partial charge in [-0.3, -0.25) is 4.79 Å². The molecule has 6 nitrogen and oxygen atoms in total. The highest BCUT2D eigenvalue weighted by molar-refractivity contribution is 5.77. The van der Waals surface area contributed by atoms with Crippen LogP contribution >= 0.6 is 0 Å². The number of benzene rings is 2. The van der Waals surface area contributed by atoms with Crippen LogP contribution in [0.4, 0.5) is 11.4 Å². The minimum absolute atomic E-state index is 0.00254. The summed E-state index contributed by atoms with van der Waals surface area (Å²) in [4.78, 5) is 12.0. The van der Waals surface area contributed by atoms with Gasteiger partial charge >= 0.3 is 0 Å². The molecule has 6 heteroatoms. The summed E-state index contributed by atoms with van der Waals surface area (Å²) in [5.41, 5.74) is 4.64. The lowest BCUT2D eigenvalue weighted by Gasteiger charge is -2.36. The topological polar surface area (TPSA) is 81.9 Å². The van der Waals surface area contributed by atoms with Gasteiger partial charge < -0.3 is 20.5 Å². The van der Waals surface area contributed by atoms with Gasteiger partial charge in [0.2, 0.25) is 0 Å². The minimum atomic E-state index is 0.00254. The van der Waals surface area contributed by atoms with Crippen LogP contribution in [0.3, 0.4) is 0 Å². The van der Waals surface area contributed by atoms with E-state index in [4.69, 9.17) is 0 Å². The Morgan fingerprint density at radius 2 is 1.97 bits per heavy atom. The molecular weight excluding hydrogens is 386 g/mol. The average molecular weight is 414 g/mol. The quantitative estimate of drug-likeness (QED) is 0.575. The first-order valence-corrected chi connectivity index (χ1v) is 10.5. The summed E-state index contributed by atoms with van der Waals surface area (Å²) in [6, 6.07) is 22.1. The van der Waals surface area contributed by atoms with E-state index in [1.54, 1.807) is 17.7 Å². The zero-order chi connectivity index (χ0) is 21.8. The Kier molecular flexibility index (Phi) is 6.06. The van der Waals surface area contributed by atoms with Gasteiger partial charge in [-0.2, -0.15) is 5.26 Å². The van der Waals surface area contributed by atoms with E-state index in [-0.39, 0.29) is 23.6 Å². The van der Waals surface area contributed by atoms with Crippen LogP contribution in [0, 0.1) is 11.3 Å². The van der Waals surface area contributed by atoms with Crippen molar-refractivity contribution in [1.29, 1.82) is 5.26 Å². The molecule has 1 aliphatic heterocycles. The van der Waals surface area contributed by atoms with Crippen LogP contribution in [0.1, 0.15) is 35.6 Å². The normalized spacial score (nSPS) is 16.9. The van der Waals surface area contributed by atoms with Gasteiger partial charge in [-0.15, -0.1) is 0 Å². The van der Waals surface area contributed by atoms with Crippen molar-refractivity contribution in [2.24, 2.45) is 7.05 Å². The van der Waals surface area contributed by atoms with Gasteiger partial charge in [0.25, 0.3) is 5.56 Å². The number of nitrogens with one attached hydrogen (secondary N) is 3. The highest BCUT2D eigenvalue weighted by atomic mass is 16.1. The number of para-hydroxylation sites is 1. The fraction of sp³-hybridized carbons (Fsp3) is 0.280. The van der Waals surface area contributed by atoms with Crippen LogP contribution in [0.15, 0.2) is 71.7 Å². The number of aryl methyl sites for hydroxylation is 1. The maximum atomic E-state index is 12.0. The van der Waals surface area contributed by atoms with Gasteiger partial charge in [-0.05, 0) is 35.2 Å². The number of nitriles is 1. The molecule has 0 bridgehead atoms. The third kappa shape index (κ3) is 4.47. The molecule has 31 heavy (non-hydrogen) atoms. The number of rotatable bonds is 6. The van der Waals surface area contributed by atoms with Crippen molar-refractivity contribution in [1.82, 2.24) is 9.88 Å². The van der Waals surface area contributed by atoms with E-state index in [2.05, 4.69) is 41.1 Å². The van der Waals surface area contributed by atoms with E-state index >= 15 is 0 Å². The summed E-state index contributed by atoms with van der Waals surface area (Å²) >= 11 is 0. The molecule has 0 aliphatic carbocycles. The fourth-order valence-electron chi connectivity index (χ4n) is 4.05. The number of hydrogen-bond acceptors (Lipinski definition) is 5. The van der Waals surface area contributed by atoms with Gasteiger partial charge in [0.05, 0.1) is 29.0 Å². The van der Waals surface area contributed by atoms with E-state index in [0.717, 1.165) is 30.0 Å². The first kappa shape index (κ1) is 20.7. The van der Waals surface area contributed by atoms with E-state index in [1.807, 2.05) is 48.7 Å². The first-order chi connectivity index (χ1) is 15.1. The number of pyridine rings is 1. The second-order valence-corrected chi connectivity index (χ2v) is 8.08. The Morgan fingerprint density at radius 1 is 1.16 bits per heavy atom. The van der Waals surface area contributed by atoms with Crippen LogP contribution < -0.4 is 21.5 Å². The second kappa shape index (κ2) is 9.07. The molecule has 0 amide bonds. The lowest BCUT2D eigenvalue weighted by molar-refractivity contribution is 0.454. The number of hydrogen-bond donors (Lipinski definition) is 3. The highest BCUT2D eigenvalue weighted by Crippen LogP contribution is 2.33. The largest absolute Gasteiger partial charge is 0.381 e. The van der Waals surface area contributed by atoms with Gasteiger partial charge in [-0.25, -0.2) is 0 Å². The fourth-order valence-corrected chi connectivity index (χ4v) is 4.05. The minimum Gasteiger partial charge on any atom is -0.381 e. The maximum Gasteiger partial charge on any atom is 0.250 e.